The lowest BCUT2D eigenvalue weighted by atomic mass is 9.49. The fraction of sp³-hybridized carbons (Fsp3) is 0.769. The van der Waals surface area contributed by atoms with Crippen molar-refractivity contribution in [1.29, 1.82) is 5.26 Å². The number of hydrogen-bond acceptors (Lipinski definition) is 3. The first-order chi connectivity index (χ1) is 7.59. The molecular formula is C13H19NS2. The van der Waals surface area contributed by atoms with E-state index in [1.54, 1.807) is 29.1 Å². The van der Waals surface area contributed by atoms with Crippen molar-refractivity contribution >= 4 is 23.5 Å². The Labute approximate surface area is 107 Å². The standard InChI is InChI=1S/C13H19NS2/c1-13(2)10-5-4-9(11(13)6-10)8-16-12(7-14)15-3/h4,10-12H,5-6,8H2,1-3H3. The Morgan fingerprint density at radius 1 is 1.62 bits per heavy atom. The second-order valence-electron chi connectivity index (χ2n) is 5.33. The minimum absolute atomic E-state index is 0.0989. The number of hydrogen-bond donors (Lipinski definition) is 0. The Balaban J connectivity index is 1.92. The average molecular weight is 253 g/mol. The van der Waals surface area contributed by atoms with Crippen molar-refractivity contribution in [3.8, 4) is 6.07 Å². The SMILES string of the molecule is CSC(C#N)SCC1=CCC2CC1C2(C)C. The molecule has 1 nitrogen and oxygen atoms in total. The zero-order valence-electron chi connectivity index (χ0n) is 10.2. The van der Waals surface area contributed by atoms with Crippen LogP contribution in [0, 0.1) is 28.6 Å². The third-order valence-electron chi connectivity index (χ3n) is 4.30. The van der Waals surface area contributed by atoms with Crippen molar-refractivity contribution in [2.75, 3.05) is 12.0 Å². The highest BCUT2D eigenvalue weighted by molar-refractivity contribution is 8.17. The summed E-state index contributed by atoms with van der Waals surface area (Å²) in [5, 5.41) is 8.92. The molecule has 2 bridgehead atoms. The highest BCUT2D eigenvalue weighted by Gasteiger charge is 2.50. The molecule has 3 unspecified atom stereocenters. The van der Waals surface area contributed by atoms with E-state index in [4.69, 9.17) is 5.26 Å². The first kappa shape index (κ1) is 12.4. The van der Waals surface area contributed by atoms with Gasteiger partial charge in [0.1, 0.15) is 4.58 Å². The predicted molar refractivity (Wildman–Crippen MR) is 73.5 cm³/mol. The molecule has 3 heteroatoms. The molecular weight excluding hydrogens is 234 g/mol. The molecule has 16 heavy (non-hydrogen) atoms. The fourth-order valence-electron chi connectivity index (χ4n) is 2.97. The maximum Gasteiger partial charge on any atom is 0.137 e. The average Bonchev–Trinajstić information content (AvgIpc) is 2.30. The van der Waals surface area contributed by atoms with Crippen LogP contribution in [0.2, 0.25) is 0 Å². The van der Waals surface area contributed by atoms with Crippen molar-refractivity contribution in [3.63, 3.8) is 0 Å². The molecule has 3 aliphatic carbocycles. The van der Waals surface area contributed by atoms with Gasteiger partial charge in [0.15, 0.2) is 0 Å². The quantitative estimate of drug-likeness (QED) is 0.560. The summed E-state index contributed by atoms with van der Waals surface area (Å²) in [5.74, 6) is 2.76. The molecule has 0 aliphatic heterocycles. The zero-order valence-corrected chi connectivity index (χ0v) is 11.8. The maximum atomic E-state index is 8.92. The second kappa shape index (κ2) is 4.66. The number of nitriles is 1. The lowest BCUT2D eigenvalue weighted by Crippen LogP contribution is -2.48. The van der Waals surface area contributed by atoms with E-state index in [-0.39, 0.29) is 4.58 Å². The fourth-order valence-corrected chi connectivity index (χ4v) is 4.56. The van der Waals surface area contributed by atoms with E-state index in [2.05, 4.69) is 26.0 Å². The van der Waals surface area contributed by atoms with Gasteiger partial charge in [0.25, 0.3) is 0 Å². The smallest absolute Gasteiger partial charge is 0.137 e. The first-order valence-corrected chi connectivity index (χ1v) is 8.16. The van der Waals surface area contributed by atoms with E-state index in [0.29, 0.717) is 5.41 Å². The normalized spacial score (nSPS) is 32.2. The van der Waals surface area contributed by atoms with Crippen LogP contribution < -0.4 is 0 Å². The molecule has 0 spiro atoms. The van der Waals surface area contributed by atoms with E-state index in [1.165, 1.54) is 12.8 Å². The Bertz CT molecular complexity index is 340. The van der Waals surface area contributed by atoms with Gasteiger partial charge in [-0.05, 0) is 36.3 Å². The molecule has 3 aliphatic rings. The lowest BCUT2D eigenvalue weighted by molar-refractivity contribution is -0.00536. The zero-order chi connectivity index (χ0) is 11.8. The second-order valence-corrected chi connectivity index (χ2v) is 7.66. The largest absolute Gasteiger partial charge is 0.196 e. The monoisotopic (exact) mass is 253 g/mol. The topological polar surface area (TPSA) is 23.8 Å². The van der Waals surface area contributed by atoms with Gasteiger partial charge in [0, 0.05) is 5.75 Å². The van der Waals surface area contributed by atoms with E-state index in [0.717, 1.165) is 17.6 Å². The van der Waals surface area contributed by atoms with Gasteiger partial charge >= 0.3 is 0 Å². The van der Waals surface area contributed by atoms with Gasteiger partial charge in [0.2, 0.25) is 0 Å². The van der Waals surface area contributed by atoms with Crippen LogP contribution in [0.1, 0.15) is 26.7 Å². The third-order valence-corrected chi connectivity index (χ3v) is 6.73. The van der Waals surface area contributed by atoms with Gasteiger partial charge in [-0.2, -0.15) is 5.26 Å². The van der Waals surface area contributed by atoms with Crippen LogP contribution in [0.25, 0.3) is 0 Å². The number of fused-ring (bicyclic) bond motifs is 1. The highest BCUT2D eigenvalue weighted by atomic mass is 32.2. The molecule has 0 amide bonds. The van der Waals surface area contributed by atoms with Crippen LogP contribution >= 0.6 is 23.5 Å². The van der Waals surface area contributed by atoms with E-state index >= 15 is 0 Å². The molecule has 0 radical (unpaired) electrons. The summed E-state index contributed by atoms with van der Waals surface area (Å²) in [6, 6.07) is 2.34. The summed E-state index contributed by atoms with van der Waals surface area (Å²) in [5.41, 5.74) is 2.12. The molecule has 0 aromatic carbocycles. The molecule has 0 saturated heterocycles. The Morgan fingerprint density at radius 2 is 2.38 bits per heavy atom. The van der Waals surface area contributed by atoms with E-state index in [1.807, 2.05) is 6.26 Å². The molecule has 88 valence electrons. The van der Waals surface area contributed by atoms with E-state index < -0.39 is 0 Å². The lowest BCUT2D eigenvalue weighted by Gasteiger charge is -2.56. The van der Waals surface area contributed by atoms with Crippen molar-refractivity contribution in [3.05, 3.63) is 11.6 Å². The molecule has 1 fully saturated rings. The van der Waals surface area contributed by atoms with Gasteiger partial charge in [0.05, 0.1) is 6.07 Å². The van der Waals surface area contributed by atoms with Crippen LogP contribution in [-0.4, -0.2) is 16.6 Å². The summed E-state index contributed by atoms with van der Waals surface area (Å²) in [4.78, 5) is 0. The predicted octanol–water partition coefficient (Wildman–Crippen LogP) is 3.92. The van der Waals surface area contributed by atoms with Crippen LogP contribution in [-0.2, 0) is 0 Å². The van der Waals surface area contributed by atoms with Gasteiger partial charge in [-0.15, -0.1) is 23.5 Å². The number of rotatable bonds is 4. The summed E-state index contributed by atoms with van der Waals surface area (Å²) < 4.78 is 0.0989. The molecule has 3 atom stereocenters. The van der Waals surface area contributed by atoms with E-state index in [9.17, 15) is 0 Å². The van der Waals surface area contributed by atoms with Crippen molar-refractivity contribution in [1.82, 2.24) is 0 Å². The van der Waals surface area contributed by atoms with Gasteiger partial charge in [-0.1, -0.05) is 25.5 Å². The Hall–Kier alpha value is -0.0700. The summed E-state index contributed by atoms with van der Waals surface area (Å²) in [7, 11) is 0. The van der Waals surface area contributed by atoms with Crippen LogP contribution in [0.5, 0.6) is 0 Å². The molecule has 1 saturated carbocycles. The number of thioether (sulfide) groups is 2. The van der Waals surface area contributed by atoms with Gasteiger partial charge in [-0.25, -0.2) is 0 Å². The van der Waals surface area contributed by atoms with Crippen LogP contribution in [0.4, 0.5) is 0 Å². The third kappa shape index (κ3) is 2.02. The Kier molecular flexibility index (Phi) is 3.61. The minimum atomic E-state index is 0.0989. The number of nitrogens with zero attached hydrogens (tertiary/aromatic N) is 1. The number of allylic oxidation sites excluding steroid dienone is 1. The van der Waals surface area contributed by atoms with Crippen molar-refractivity contribution in [2.24, 2.45) is 17.3 Å². The minimum Gasteiger partial charge on any atom is -0.196 e. The van der Waals surface area contributed by atoms with Crippen LogP contribution in [0.3, 0.4) is 0 Å². The Morgan fingerprint density at radius 3 is 2.88 bits per heavy atom. The molecule has 3 rings (SSSR count). The summed E-state index contributed by atoms with van der Waals surface area (Å²) >= 11 is 3.44. The van der Waals surface area contributed by atoms with Gasteiger partial charge < -0.3 is 0 Å². The van der Waals surface area contributed by atoms with Crippen molar-refractivity contribution in [2.45, 2.75) is 31.3 Å². The summed E-state index contributed by atoms with van der Waals surface area (Å²) in [6.07, 6.45) is 7.09. The molecule has 0 N–H and O–H groups in total. The summed E-state index contributed by atoms with van der Waals surface area (Å²) in [6.45, 7) is 4.81. The molecule has 0 heterocycles. The van der Waals surface area contributed by atoms with Crippen LogP contribution in [0.15, 0.2) is 11.6 Å². The maximum absolute atomic E-state index is 8.92. The first-order valence-electron chi connectivity index (χ1n) is 5.82. The molecule has 0 aromatic rings. The van der Waals surface area contributed by atoms with Crippen molar-refractivity contribution < 1.29 is 0 Å². The highest BCUT2D eigenvalue weighted by Crippen LogP contribution is 2.59. The molecule has 0 aromatic heterocycles. The van der Waals surface area contributed by atoms with Gasteiger partial charge in [-0.3, -0.25) is 0 Å².